The second kappa shape index (κ2) is 14.3. The van der Waals surface area contributed by atoms with Crippen LogP contribution < -0.4 is 10.4 Å². The number of nitrogens with one attached hydrogen (secondary N) is 1. The van der Waals surface area contributed by atoms with Crippen LogP contribution in [0, 0.1) is 5.92 Å². The Morgan fingerprint density at radius 2 is 1.48 bits per heavy atom. The first kappa shape index (κ1) is 27.2. The minimum absolute atomic E-state index is 0.144. The van der Waals surface area contributed by atoms with Crippen LogP contribution in [0.1, 0.15) is 47.0 Å². The third-order valence-electron chi connectivity index (χ3n) is 4.26. The molecular formula is C19H34N3O6P. The van der Waals surface area contributed by atoms with E-state index in [-0.39, 0.29) is 11.8 Å². The lowest BCUT2D eigenvalue weighted by molar-refractivity contribution is -0.127. The van der Waals surface area contributed by atoms with Gasteiger partial charge in [0.25, 0.3) is 11.8 Å². The first-order valence-electron chi connectivity index (χ1n) is 9.79. The summed E-state index contributed by atoms with van der Waals surface area (Å²) in [5.74, 6) is -0.850. The van der Waals surface area contributed by atoms with Gasteiger partial charge in [0.15, 0.2) is 0 Å². The fraction of sp³-hybridized carbons (Fsp3) is 0.579. The highest BCUT2D eigenvalue weighted by Gasteiger charge is 2.39. The molecule has 10 heteroatoms. The summed E-state index contributed by atoms with van der Waals surface area (Å²) in [6.07, 6.45) is 2.51. The molecule has 4 N–H and O–H groups in total. The Morgan fingerprint density at radius 1 is 1.00 bits per heavy atom. The number of hydrogen-bond donors (Lipinski definition) is 4. The molecule has 1 fully saturated rings. The van der Waals surface area contributed by atoms with Crippen LogP contribution in [-0.4, -0.2) is 51.0 Å². The molecule has 1 aromatic rings. The van der Waals surface area contributed by atoms with E-state index in [4.69, 9.17) is 19.2 Å². The van der Waals surface area contributed by atoms with Gasteiger partial charge in [-0.25, -0.2) is 9.57 Å². The number of unbranched alkanes of at least 4 members (excludes halogenated alkanes) is 1. The number of nitrogens with zero attached hydrogens (tertiary/aromatic N) is 2. The van der Waals surface area contributed by atoms with Crippen LogP contribution in [0.15, 0.2) is 30.3 Å². The van der Waals surface area contributed by atoms with E-state index in [1.165, 1.54) is 24.6 Å². The standard InChI is InChI=1S/C13H16N2O2.C6H15N.H3O4P/c1-2-3-9-11-12(16)14-15(13(11)17)10-7-5-4-6-8-10;1-4-7(5-2)6-3;1-5(2,3)4/h4-8,11H,2-3,9H2,1H3,(H,14,16);4-6H2,1-3H3;(H3,1,2,3,4). The van der Waals surface area contributed by atoms with Gasteiger partial charge >= 0.3 is 7.82 Å². The Morgan fingerprint density at radius 3 is 1.86 bits per heavy atom. The zero-order valence-electron chi connectivity index (χ0n) is 17.6. The van der Waals surface area contributed by atoms with Gasteiger partial charge in [-0.2, -0.15) is 0 Å². The van der Waals surface area contributed by atoms with E-state index in [1.54, 1.807) is 12.1 Å². The Kier molecular flexibility index (Phi) is 13.4. The summed E-state index contributed by atoms with van der Waals surface area (Å²) < 4.78 is 8.88. The second-order valence-corrected chi connectivity index (χ2v) is 7.34. The lowest BCUT2D eigenvalue weighted by Crippen LogP contribution is -2.35. The van der Waals surface area contributed by atoms with E-state index < -0.39 is 13.7 Å². The normalized spacial score (nSPS) is 16.0. The van der Waals surface area contributed by atoms with Crippen LogP contribution in [0.3, 0.4) is 0 Å². The van der Waals surface area contributed by atoms with Gasteiger partial charge in [-0.3, -0.25) is 15.0 Å². The van der Waals surface area contributed by atoms with Crippen LogP contribution in [0.25, 0.3) is 0 Å². The number of carbonyl (C=O) groups excluding carboxylic acids is 2. The van der Waals surface area contributed by atoms with Crippen LogP contribution in [0.5, 0.6) is 0 Å². The Bertz CT molecular complexity index is 635. The number of para-hydroxylation sites is 1. The first-order valence-corrected chi connectivity index (χ1v) is 11.4. The summed E-state index contributed by atoms with van der Waals surface area (Å²) in [4.78, 5) is 47.7. The smallest absolute Gasteiger partial charge is 0.304 e. The number of carbonyl (C=O) groups is 2. The van der Waals surface area contributed by atoms with Crippen molar-refractivity contribution in [1.82, 2.24) is 10.3 Å². The molecule has 29 heavy (non-hydrogen) atoms. The average Bonchev–Trinajstić information content (AvgIpc) is 2.95. The molecule has 1 atom stereocenters. The van der Waals surface area contributed by atoms with Crippen LogP contribution >= 0.6 is 7.82 Å². The van der Waals surface area contributed by atoms with E-state index in [0.717, 1.165) is 12.8 Å². The van der Waals surface area contributed by atoms with Crippen molar-refractivity contribution in [3.63, 3.8) is 0 Å². The van der Waals surface area contributed by atoms with Gasteiger partial charge in [0.1, 0.15) is 5.92 Å². The van der Waals surface area contributed by atoms with Gasteiger partial charge in [0, 0.05) is 0 Å². The number of hydrogen-bond acceptors (Lipinski definition) is 4. The van der Waals surface area contributed by atoms with Gasteiger partial charge in [0.05, 0.1) is 5.69 Å². The number of hydrazine groups is 1. The number of anilines is 1. The molecule has 0 aromatic heterocycles. The largest absolute Gasteiger partial charge is 0.466 e. The van der Waals surface area contributed by atoms with Gasteiger partial charge in [-0.05, 0) is 38.2 Å². The Hall–Kier alpha value is -1.77. The third-order valence-corrected chi connectivity index (χ3v) is 4.26. The predicted octanol–water partition coefficient (Wildman–Crippen LogP) is 2.29. The van der Waals surface area contributed by atoms with Crippen molar-refractivity contribution in [2.45, 2.75) is 47.0 Å². The summed E-state index contributed by atoms with van der Waals surface area (Å²) in [5.41, 5.74) is 3.34. The van der Waals surface area contributed by atoms with E-state index in [2.05, 4.69) is 31.1 Å². The minimum atomic E-state index is -4.64. The molecule has 0 radical (unpaired) electrons. The highest BCUT2D eigenvalue weighted by Crippen LogP contribution is 2.26. The maximum absolute atomic E-state index is 12.1. The molecule has 0 aliphatic carbocycles. The maximum Gasteiger partial charge on any atom is 0.466 e. The molecule has 1 heterocycles. The van der Waals surface area contributed by atoms with Gasteiger partial charge in [-0.1, -0.05) is 58.7 Å². The minimum Gasteiger partial charge on any atom is -0.304 e. The zero-order valence-corrected chi connectivity index (χ0v) is 18.5. The van der Waals surface area contributed by atoms with Crippen molar-refractivity contribution < 1.29 is 28.8 Å². The summed E-state index contributed by atoms with van der Waals surface area (Å²) in [6, 6.07) is 9.17. The quantitative estimate of drug-likeness (QED) is 0.385. The number of amides is 2. The molecule has 0 saturated carbocycles. The fourth-order valence-corrected chi connectivity index (χ4v) is 2.61. The number of phosphoric acid groups is 1. The van der Waals surface area contributed by atoms with Crippen molar-refractivity contribution in [1.29, 1.82) is 0 Å². The topological polar surface area (TPSA) is 130 Å². The SMILES string of the molecule is CCCCC1C(=O)NN(c2ccccc2)C1=O.CCN(CC)CC.O=P(O)(O)O. The van der Waals surface area contributed by atoms with Crippen molar-refractivity contribution in [2.24, 2.45) is 5.92 Å². The molecule has 1 aliphatic heterocycles. The van der Waals surface area contributed by atoms with Gasteiger partial charge in [-0.15, -0.1) is 0 Å². The van der Waals surface area contributed by atoms with Crippen LogP contribution in [0.2, 0.25) is 0 Å². The Labute approximate surface area is 172 Å². The summed E-state index contributed by atoms with van der Waals surface area (Å²) in [5, 5.41) is 1.35. The molecule has 2 rings (SSSR count). The van der Waals surface area contributed by atoms with Crippen LogP contribution in [-0.2, 0) is 14.2 Å². The Balaban J connectivity index is 0.000000543. The van der Waals surface area contributed by atoms with Gasteiger partial charge < -0.3 is 19.6 Å². The van der Waals surface area contributed by atoms with Crippen molar-refractivity contribution in [3.8, 4) is 0 Å². The van der Waals surface area contributed by atoms with Crippen molar-refractivity contribution in [2.75, 3.05) is 24.6 Å². The lowest BCUT2D eigenvalue weighted by atomic mass is 10.0. The molecule has 1 unspecified atom stereocenters. The van der Waals surface area contributed by atoms with E-state index in [1.807, 2.05) is 25.1 Å². The van der Waals surface area contributed by atoms with E-state index >= 15 is 0 Å². The van der Waals surface area contributed by atoms with Crippen LogP contribution in [0.4, 0.5) is 5.69 Å². The maximum atomic E-state index is 12.1. The highest BCUT2D eigenvalue weighted by atomic mass is 31.2. The number of rotatable bonds is 7. The monoisotopic (exact) mass is 431 g/mol. The molecule has 1 aromatic carbocycles. The van der Waals surface area contributed by atoms with Crippen molar-refractivity contribution >= 4 is 25.3 Å². The van der Waals surface area contributed by atoms with Crippen molar-refractivity contribution in [3.05, 3.63) is 30.3 Å². The summed E-state index contributed by atoms with van der Waals surface area (Å²) in [6.45, 7) is 12.2. The van der Waals surface area contributed by atoms with E-state index in [9.17, 15) is 9.59 Å². The fourth-order valence-electron chi connectivity index (χ4n) is 2.61. The second-order valence-electron chi connectivity index (χ2n) is 6.31. The predicted molar refractivity (Wildman–Crippen MR) is 113 cm³/mol. The number of benzene rings is 1. The molecule has 166 valence electrons. The molecule has 0 bridgehead atoms. The zero-order chi connectivity index (χ0) is 22.4. The molecule has 1 saturated heterocycles. The average molecular weight is 431 g/mol. The van der Waals surface area contributed by atoms with E-state index in [0.29, 0.717) is 12.1 Å². The highest BCUT2D eigenvalue weighted by molar-refractivity contribution is 7.45. The molecule has 1 aliphatic rings. The summed E-state index contributed by atoms with van der Waals surface area (Å²) >= 11 is 0. The molecule has 0 spiro atoms. The first-order chi connectivity index (χ1) is 13.6. The third kappa shape index (κ3) is 11.7. The molecule has 9 nitrogen and oxygen atoms in total. The molecule has 2 amide bonds. The lowest BCUT2D eigenvalue weighted by Gasteiger charge is -2.14. The summed E-state index contributed by atoms with van der Waals surface area (Å²) in [7, 11) is -4.64. The van der Waals surface area contributed by atoms with Gasteiger partial charge in [0.2, 0.25) is 0 Å². The molecular weight excluding hydrogens is 397 g/mol.